The summed E-state index contributed by atoms with van der Waals surface area (Å²) in [5.74, 6) is 0.121. The lowest BCUT2D eigenvalue weighted by atomic mass is 9.94. The zero-order chi connectivity index (χ0) is 52.4. The number of nitrogens with zero attached hydrogens (tertiary/aromatic N) is 11. The van der Waals surface area contributed by atoms with Crippen molar-refractivity contribution in [3.05, 3.63) is 82.9 Å². The first-order valence-electron chi connectivity index (χ1n) is 24.7. The number of halogens is 3. The molecule has 3 aliphatic rings. The van der Waals surface area contributed by atoms with Gasteiger partial charge in [0.2, 0.25) is 11.9 Å². The van der Waals surface area contributed by atoms with Crippen molar-refractivity contribution in [2.75, 3.05) is 98.1 Å². The lowest BCUT2D eigenvalue weighted by Gasteiger charge is -2.40. The Labute approximate surface area is 421 Å². The van der Waals surface area contributed by atoms with Crippen molar-refractivity contribution in [1.29, 1.82) is 0 Å². The third-order valence-electron chi connectivity index (χ3n) is 13.4. The summed E-state index contributed by atoms with van der Waals surface area (Å²) in [6.07, 6.45) is 7.27. The van der Waals surface area contributed by atoms with E-state index in [1.807, 2.05) is 36.5 Å². The van der Waals surface area contributed by atoms with Crippen molar-refractivity contribution in [2.45, 2.75) is 26.2 Å². The summed E-state index contributed by atoms with van der Waals surface area (Å²) in [6.45, 7) is 7.03. The van der Waals surface area contributed by atoms with E-state index >= 15 is 4.39 Å². The van der Waals surface area contributed by atoms with Crippen LogP contribution in [0.3, 0.4) is 0 Å². The molecule has 0 saturated carbocycles. The minimum absolute atomic E-state index is 0.00585. The van der Waals surface area contributed by atoms with Crippen molar-refractivity contribution in [3.63, 3.8) is 0 Å². The maximum Gasteiger partial charge on any atom is 0.329 e. The van der Waals surface area contributed by atoms with Gasteiger partial charge in [-0.3, -0.25) is 34.3 Å². The molecular weight excluding hydrogens is 998 g/mol. The topological polar surface area (TPSA) is 184 Å². The minimum Gasteiger partial charge on any atom is -0.494 e. The molecule has 0 unspecified atom stereocenters. The number of benzene rings is 3. The Balaban J connectivity index is 0.826. The number of nitrogens with one attached hydrogen (secondary N) is 3. The average molecular weight is 1050 g/mol. The third kappa shape index (κ3) is 9.61. The maximum absolute atomic E-state index is 16.0. The largest absolute Gasteiger partial charge is 0.494 e. The third-order valence-corrected chi connectivity index (χ3v) is 15.6. The first-order chi connectivity index (χ1) is 35.2. The van der Waals surface area contributed by atoms with E-state index in [2.05, 4.69) is 61.8 Å². The molecule has 0 atom stereocenters. The number of aryl methyl sites for hydroxylation is 3. The summed E-state index contributed by atoms with van der Waals surface area (Å²) in [5.41, 5.74) is 5.17. The summed E-state index contributed by atoms with van der Waals surface area (Å²) >= 11 is 3.57. The van der Waals surface area contributed by atoms with Crippen LogP contribution in [0.1, 0.15) is 29.1 Å². The first-order valence-corrected chi connectivity index (χ1v) is 26.6. The number of carbonyl (C=O) groups is 2. The van der Waals surface area contributed by atoms with Crippen LogP contribution >= 0.6 is 23.1 Å². The number of amides is 3. The number of carbonyl (C=O) groups excluding carboxylic acids is 2. The number of hydrogen-bond acceptors (Lipinski definition) is 14. The van der Waals surface area contributed by atoms with Crippen molar-refractivity contribution < 1.29 is 31.8 Å². The Morgan fingerprint density at radius 2 is 1.68 bits per heavy atom. The van der Waals surface area contributed by atoms with E-state index in [0.717, 1.165) is 54.0 Å². The second-order valence-electron chi connectivity index (χ2n) is 18.6. The van der Waals surface area contributed by atoms with Crippen LogP contribution in [-0.4, -0.2) is 124 Å². The number of methoxy groups -OCH3 is 1. The minimum atomic E-state index is -2.97. The molecule has 370 valence electrons. The molecule has 22 heteroatoms. The summed E-state index contributed by atoms with van der Waals surface area (Å²) < 4.78 is 78.2. The summed E-state index contributed by atoms with van der Waals surface area (Å²) in [5, 5.41) is 18.7. The number of imide groups is 1. The van der Waals surface area contributed by atoms with E-state index in [-0.39, 0.29) is 47.0 Å². The maximum atomic E-state index is 16.0. The highest BCUT2D eigenvalue weighted by molar-refractivity contribution is 9.10. The van der Waals surface area contributed by atoms with Crippen molar-refractivity contribution in [1.82, 2.24) is 44.7 Å². The monoisotopic (exact) mass is 1050 g/mol. The van der Waals surface area contributed by atoms with Gasteiger partial charge in [0, 0.05) is 128 Å². The van der Waals surface area contributed by atoms with Crippen LogP contribution in [0.15, 0.2) is 65.5 Å². The summed E-state index contributed by atoms with van der Waals surface area (Å²) in [4.78, 5) is 46.1. The molecule has 0 spiro atoms. The fraction of sp³-hybridized carbons (Fsp3) is 0.367. The Morgan fingerprint density at radius 3 is 2.38 bits per heavy atom. The van der Waals surface area contributed by atoms with Gasteiger partial charge in [-0.15, -0.1) is 0 Å². The highest BCUT2D eigenvalue weighted by Crippen LogP contribution is 2.44. The number of piperidine rings is 1. The van der Waals surface area contributed by atoms with E-state index in [4.69, 9.17) is 13.8 Å². The van der Waals surface area contributed by atoms with E-state index in [9.17, 15) is 18.5 Å². The number of fused-ring (bicyclic) bond motifs is 2. The zero-order valence-corrected chi connectivity index (χ0v) is 42.2. The molecule has 3 N–H and O–H groups in total. The van der Waals surface area contributed by atoms with Crippen LogP contribution in [0.5, 0.6) is 5.75 Å². The van der Waals surface area contributed by atoms with Gasteiger partial charge in [0.05, 0.1) is 51.6 Å². The van der Waals surface area contributed by atoms with Gasteiger partial charge in [-0.25, -0.2) is 18.6 Å². The molecule has 3 aliphatic heterocycles. The zero-order valence-electron chi connectivity index (χ0n) is 42.8. The summed E-state index contributed by atoms with van der Waals surface area (Å²) in [6, 6.07) is 10.9. The molecule has 18 nitrogen and oxygen atoms in total. The van der Waals surface area contributed by atoms with Crippen LogP contribution in [-0.2, 0) is 23.4 Å². The molecule has 0 radical (unpaired) electrons. The van der Waals surface area contributed by atoms with Crippen LogP contribution in [0.2, 0.25) is 0 Å². The van der Waals surface area contributed by atoms with Gasteiger partial charge in [0.15, 0.2) is 5.82 Å². The van der Waals surface area contributed by atoms with Crippen LogP contribution < -0.4 is 40.7 Å². The van der Waals surface area contributed by atoms with Gasteiger partial charge in [0.1, 0.15) is 30.3 Å². The van der Waals surface area contributed by atoms with E-state index < -0.39 is 37.7 Å². The second kappa shape index (κ2) is 19.1. The molecular formula is C49H54BrF2N14O4P. The lowest BCUT2D eigenvalue weighted by Crippen LogP contribution is -2.49. The van der Waals surface area contributed by atoms with Gasteiger partial charge < -0.3 is 29.7 Å². The molecule has 10 rings (SSSR count). The molecule has 4 aromatic heterocycles. The number of piperazine rings is 1. The number of rotatable bonds is 12. The number of anilines is 7. The molecule has 3 saturated heterocycles. The van der Waals surface area contributed by atoms with E-state index in [1.54, 1.807) is 50.4 Å². The molecule has 0 bridgehead atoms. The van der Waals surface area contributed by atoms with Gasteiger partial charge in [0.25, 0.3) is 0 Å². The number of pyridine rings is 1. The molecule has 0 aliphatic carbocycles. The van der Waals surface area contributed by atoms with Crippen molar-refractivity contribution >= 4 is 102 Å². The Bertz CT molecular complexity index is 3410. The first kappa shape index (κ1) is 44.3. The van der Waals surface area contributed by atoms with Crippen molar-refractivity contribution in [2.24, 2.45) is 19.9 Å². The highest BCUT2D eigenvalue weighted by atomic mass is 79.9. The molecule has 7 heterocycles. The van der Waals surface area contributed by atoms with Gasteiger partial charge in [-0.2, -0.15) is 15.2 Å². The normalized spacial score (nSPS) is 17.1. The SMILES string of the molecule is [2H]C([2H])([2H])n1nc(N2CCC(=O)NC2=O)c2cc(F)c(N3CCN(CC4CCN(c5cc(OC)c(Nc6ncc(Br)c(Nc7ccc8nc(C)c(F)cc8c7P(C)(C)=O)n6)cc5-c5cnn(C)c5)CC4)CC3)cc21. The lowest BCUT2D eigenvalue weighted by molar-refractivity contribution is -0.120. The number of aromatic nitrogens is 7. The Morgan fingerprint density at radius 1 is 0.915 bits per heavy atom. The van der Waals surface area contributed by atoms with Gasteiger partial charge in [-0.05, 0) is 91.3 Å². The molecule has 3 aromatic carbocycles. The van der Waals surface area contributed by atoms with E-state index in [1.165, 1.54) is 23.1 Å². The average Bonchev–Trinajstić information content (AvgIpc) is 3.96. The molecule has 71 heavy (non-hydrogen) atoms. The van der Waals surface area contributed by atoms with Gasteiger partial charge in [-0.1, -0.05) is 0 Å². The van der Waals surface area contributed by atoms with E-state index in [0.29, 0.717) is 75.7 Å². The van der Waals surface area contributed by atoms with Crippen LogP contribution in [0, 0.1) is 24.5 Å². The fourth-order valence-corrected chi connectivity index (χ4v) is 11.6. The predicted octanol–water partition coefficient (Wildman–Crippen LogP) is 7.89. The standard InChI is InChI=1S/C49H54BrF2N14O4P/c1-28-35(51)19-32-37(55-28)7-8-38(45(32)71(5,6)69)56-46-34(50)25-53-48(59-46)57-39-21-31(30-24-54-61(2)27-30)41(23-43(39)70-4)64-12-9-29(10-13-64)26-63-15-17-65(18-16-63)42-22-40-33(20-36(42)52)47(60-62(40)3)66-14-11-44(67)58-49(66)68/h7-8,19-25,27,29H,9-18,26H2,1-6H3,(H,58,67,68)(H2,53,56,57,59)/i3D3. The summed E-state index contributed by atoms with van der Waals surface area (Å²) in [7, 11) is 0.514. The molecule has 7 aromatic rings. The smallest absolute Gasteiger partial charge is 0.329 e. The Hall–Kier alpha value is -6.70. The molecule has 3 amide bonds. The number of ether oxygens (including phenoxy) is 1. The quantitative estimate of drug-likeness (QED) is 0.100. The molecule has 3 fully saturated rings. The van der Waals surface area contributed by atoms with Gasteiger partial charge >= 0.3 is 6.03 Å². The van der Waals surface area contributed by atoms with Crippen LogP contribution in [0.25, 0.3) is 32.9 Å². The second-order valence-corrected chi connectivity index (χ2v) is 22.6. The number of hydrogen-bond donors (Lipinski definition) is 3. The van der Waals surface area contributed by atoms with Crippen molar-refractivity contribution in [3.8, 4) is 16.9 Å². The fourth-order valence-electron chi connectivity index (χ4n) is 9.84. The van der Waals surface area contributed by atoms with Crippen LogP contribution in [0.4, 0.5) is 53.9 Å². The number of urea groups is 1. The Kier molecular flexibility index (Phi) is 11.9. The predicted molar refractivity (Wildman–Crippen MR) is 277 cm³/mol. The highest BCUT2D eigenvalue weighted by Gasteiger charge is 2.31.